The van der Waals surface area contributed by atoms with E-state index in [2.05, 4.69) is 20.3 Å². The summed E-state index contributed by atoms with van der Waals surface area (Å²) in [4.78, 5) is 57.7. The predicted molar refractivity (Wildman–Crippen MR) is 114 cm³/mol. The highest BCUT2D eigenvalue weighted by Gasteiger charge is 2.13. The predicted octanol–water partition coefficient (Wildman–Crippen LogP) is 1.49. The van der Waals surface area contributed by atoms with Crippen LogP contribution in [-0.2, 0) is 4.79 Å². The molecule has 2 aromatic heterocycles. The third-order valence-corrected chi connectivity index (χ3v) is 5.03. The van der Waals surface area contributed by atoms with E-state index >= 15 is 0 Å². The summed E-state index contributed by atoms with van der Waals surface area (Å²) in [6, 6.07) is 16.6. The van der Waals surface area contributed by atoms with E-state index in [0.29, 0.717) is 21.7 Å². The first-order valence-corrected chi connectivity index (χ1v) is 9.83. The maximum absolute atomic E-state index is 12.5. The molecule has 1 amide bonds. The Balaban J connectivity index is 1.56. The Kier molecular flexibility index (Phi) is 5.31. The number of aromatic nitrogens is 4. The fourth-order valence-electron chi connectivity index (χ4n) is 2.87. The van der Waals surface area contributed by atoms with Gasteiger partial charge in [-0.25, -0.2) is 14.3 Å². The second kappa shape index (κ2) is 8.21. The molecule has 0 spiro atoms. The minimum absolute atomic E-state index is 0.0421. The summed E-state index contributed by atoms with van der Waals surface area (Å²) < 4.78 is 1.19. The number of para-hydroxylation sites is 2. The van der Waals surface area contributed by atoms with Crippen molar-refractivity contribution in [1.29, 1.82) is 0 Å². The Morgan fingerprint density at radius 3 is 2.53 bits per heavy atom. The number of hydrogen-bond donors (Lipinski definition) is 3. The molecule has 0 saturated carbocycles. The largest absolute Gasteiger partial charge is 0.334 e. The Morgan fingerprint density at radius 1 is 1.00 bits per heavy atom. The fraction of sp³-hybridized carbons (Fsp3) is 0.0500. The molecule has 150 valence electrons. The number of carbonyl (C=O) groups is 1. The number of H-pyrrole nitrogens is 2. The molecule has 9 nitrogen and oxygen atoms in total. The quantitative estimate of drug-likeness (QED) is 0.331. The van der Waals surface area contributed by atoms with Crippen molar-refractivity contribution in [3.63, 3.8) is 0 Å². The molecule has 0 atom stereocenters. The fourth-order valence-corrected chi connectivity index (χ4v) is 3.53. The van der Waals surface area contributed by atoms with Crippen LogP contribution in [0.3, 0.4) is 0 Å². The van der Waals surface area contributed by atoms with Gasteiger partial charge in [-0.1, -0.05) is 42.1 Å². The van der Waals surface area contributed by atoms with Crippen LogP contribution < -0.4 is 22.1 Å². The van der Waals surface area contributed by atoms with Gasteiger partial charge >= 0.3 is 5.69 Å². The van der Waals surface area contributed by atoms with Crippen molar-refractivity contribution in [2.45, 2.75) is 5.16 Å². The van der Waals surface area contributed by atoms with Gasteiger partial charge in [-0.15, -0.1) is 0 Å². The molecule has 0 aliphatic carbocycles. The molecular formula is C20H15N5O4S. The van der Waals surface area contributed by atoms with Crippen LogP contribution in [0.5, 0.6) is 0 Å². The lowest BCUT2D eigenvalue weighted by molar-refractivity contribution is -0.113. The third kappa shape index (κ3) is 4.08. The molecule has 0 fully saturated rings. The van der Waals surface area contributed by atoms with Crippen LogP contribution in [-0.4, -0.2) is 31.2 Å². The third-order valence-electron chi connectivity index (χ3n) is 4.15. The van der Waals surface area contributed by atoms with Crippen molar-refractivity contribution >= 4 is 34.4 Å². The molecule has 2 aromatic carbocycles. The van der Waals surface area contributed by atoms with E-state index in [1.54, 1.807) is 54.6 Å². The normalized spacial score (nSPS) is 10.8. The zero-order chi connectivity index (χ0) is 21.1. The smallest absolute Gasteiger partial charge is 0.311 e. The van der Waals surface area contributed by atoms with Gasteiger partial charge in [-0.3, -0.25) is 19.4 Å². The second-order valence-electron chi connectivity index (χ2n) is 6.22. The first-order valence-electron chi connectivity index (χ1n) is 8.85. The average molecular weight is 421 g/mol. The molecular weight excluding hydrogens is 406 g/mol. The molecule has 4 aromatic rings. The Bertz CT molecular complexity index is 1410. The lowest BCUT2D eigenvalue weighted by Crippen LogP contribution is -2.32. The van der Waals surface area contributed by atoms with Crippen LogP contribution in [0.25, 0.3) is 16.6 Å². The molecule has 0 aliphatic heterocycles. The minimum atomic E-state index is -0.669. The SMILES string of the molecule is O=C(CSc1nc2ccccc2c(=O)[nH]1)Nc1cc(=O)[nH]c(=O)n1-c1ccccc1. The van der Waals surface area contributed by atoms with E-state index in [1.165, 1.54) is 4.57 Å². The Hall–Kier alpha value is -3.92. The number of nitrogens with one attached hydrogen (secondary N) is 3. The highest BCUT2D eigenvalue weighted by molar-refractivity contribution is 7.99. The molecule has 30 heavy (non-hydrogen) atoms. The number of nitrogens with zero attached hydrogens (tertiary/aromatic N) is 2. The van der Waals surface area contributed by atoms with Crippen LogP contribution in [0.15, 0.2) is 80.2 Å². The number of anilines is 1. The van der Waals surface area contributed by atoms with Gasteiger partial charge in [0.1, 0.15) is 5.82 Å². The lowest BCUT2D eigenvalue weighted by Gasteiger charge is -2.12. The van der Waals surface area contributed by atoms with Crippen molar-refractivity contribution < 1.29 is 4.79 Å². The molecule has 2 heterocycles. The number of hydrogen-bond acceptors (Lipinski definition) is 6. The topological polar surface area (TPSA) is 130 Å². The van der Waals surface area contributed by atoms with Gasteiger partial charge in [0.25, 0.3) is 11.1 Å². The Morgan fingerprint density at radius 2 is 1.73 bits per heavy atom. The van der Waals surface area contributed by atoms with Gasteiger partial charge in [-0.05, 0) is 24.3 Å². The van der Waals surface area contributed by atoms with Crippen molar-refractivity contribution in [2.75, 3.05) is 11.1 Å². The molecule has 4 rings (SSSR count). The van der Waals surface area contributed by atoms with Gasteiger partial charge in [-0.2, -0.15) is 0 Å². The molecule has 0 unspecified atom stereocenters. The number of aromatic amines is 2. The van der Waals surface area contributed by atoms with Crippen LogP contribution in [0.1, 0.15) is 0 Å². The standard InChI is InChI=1S/C20H15N5O4S/c26-16-10-15(25(20(29)23-16)12-6-2-1-3-7-12)22-17(27)11-30-19-21-14-9-5-4-8-13(14)18(28)24-19/h1-10H,11H2,(H,22,27)(H,21,24,28)(H,23,26,29). The molecule has 10 heteroatoms. The maximum Gasteiger partial charge on any atom is 0.334 e. The molecule has 0 radical (unpaired) electrons. The number of benzene rings is 2. The van der Waals surface area contributed by atoms with Gasteiger partial charge in [0, 0.05) is 6.07 Å². The van der Waals surface area contributed by atoms with Gasteiger partial charge in [0.15, 0.2) is 5.16 Å². The lowest BCUT2D eigenvalue weighted by atomic mass is 10.2. The van der Waals surface area contributed by atoms with E-state index in [0.717, 1.165) is 17.8 Å². The minimum Gasteiger partial charge on any atom is -0.311 e. The van der Waals surface area contributed by atoms with Crippen molar-refractivity contribution in [3.05, 3.63) is 91.9 Å². The van der Waals surface area contributed by atoms with Crippen LogP contribution in [0.2, 0.25) is 0 Å². The van der Waals surface area contributed by atoms with E-state index in [9.17, 15) is 19.2 Å². The second-order valence-corrected chi connectivity index (χ2v) is 7.18. The van der Waals surface area contributed by atoms with Gasteiger partial charge in [0.2, 0.25) is 5.91 Å². The monoisotopic (exact) mass is 421 g/mol. The van der Waals surface area contributed by atoms with E-state index in [4.69, 9.17) is 0 Å². The molecule has 0 saturated heterocycles. The van der Waals surface area contributed by atoms with Crippen LogP contribution in [0, 0.1) is 0 Å². The highest BCUT2D eigenvalue weighted by Crippen LogP contribution is 2.16. The number of fused-ring (bicyclic) bond motifs is 1. The first-order chi connectivity index (χ1) is 14.5. The summed E-state index contributed by atoms with van der Waals surface area (Å²) in [7, 11) is 0. The molecule has 0 aliphatic rings. The number of rotatable bonds is 5. The molecule has 0 bridgehead atoms. The van der Waals surface area contributed by atoms with Crippen LogP contribution >= 0.6 is 11.8 Å². The maximum atomic E-state index is 12.5. The highest BCUT2D eigenvalue weighted by atomic mass is 32.2. The summed E-state index contributed by atoms with van der Waals surface area (Å²) in [5.41, 5.74) is -0.581. The zero-order valence-electron chi connectivity index (χ0n) is 15.4. The summed E-state index contributed by atoms with van der Waals surface area (Å²) >= 11 is 1.03. The van der Waals surface area contributed by atoms with E-state index < -0.39 is 17.2 Å². The molecule has 3 N–H and O–H groups in total. The van der Waals surface area contributed by atoms with Crippen molar-refractivity contribution in [2.24, 2.45) is 0 Å². The summed E-state index contributed by atoms with van der Waals surface area (Å²) in [6.45, 7) is 0. The number of carbonyl (C=O) groups excluding carboxylic acids is 1. The van der Waals surface area contributed by atoms with Gasteiger partial charge < -0.3 is 10.3 Å². The summed E-state index contributed by atoms with van der Waals surface area (Å²) in [5.74, 6) is -0.511. The van der Waals surface area contributed by atoms with E-state index in [1.807, 2.05) is 0 Å². The van der Waals surface area contributed by atoms with Crippen LogP contribution in [0.4, 0.5) is 5.82 Å². The van der Waals surface area contributed by atoms with E-state index in [-0.39, 0.29) is 17.1 Å². The number of thioether (sulfide) groups is 1. The average Bonchev–Trinajstić information content (AvgIpc) is 2.72. The first kappa shape index (κ1) is 19.4. The van der Waals surface area contributed by atoms with Crippen molar-refractivity contribution in [1.82, 2.24) is 19.5 Å². The summed E-state index contributed by atoms with van der Waals surface area (Å²) in [5, 5.41) is 3.33. The Labute approximate surface area is 172 Å². The summed E-state index contributed by atoms with van der Waals surface area (Å²) in [6.07, 6.45) is 0. The number of amides is 1. The zero-order valence-corrected chi connectivity index (χ0v) is 16.2. The van der Waals surface area contributed by atoms with Gasteiger partial charge in [0.05, 0.1) is 22.3 Å². The van der Waals surface area contributed by atoms with Crippen molar-refractivity contribution in [3.8, 4) is 5.69 Å².